The molecule has 1 heterocycles. The van der Waals surface area contributed by atoms with Gasteiger partial charge in [0.15, 0.2) is 0 Å². The molecule has 22 heavy (non-hydrogen) atoms. The van der Waals surface area contributed by atoms with Crippen LogP contribution in [-0.2, 0) is 14.8 Å². The Balaban J connectivity index is 2.20. The molecule has 116 valence electrons. The zero-order chi connectivity index (χ0) is 16.2. The minimum atomic E-state index is -3.77. The molecule has 0 radical (unpaired) electrons. The number of esters is 1. The highest BCUT2D eigenvalue weighted by molar-refractivity contribution is 7.92. The van der Waals surface area contributed by atoms with Gasteiger partial charge in [-0.2, -0.15) is 0 Å². The van der Waals surface area contributed by atoms with Gasteiger partial charge < -0.3 is 9.47 Å². The predicted octanol–water partition coefficient (Wildman–Crippen LogP) is 1.68. The smallest absolute Gasteiger partial charge is 0.337 e. The maximum absolute atomic E-state index is 12.2. The fraction of sp³-hybridized carbons (Fsp3) is 0.143. The van der Waals surface area contributed by atoms with Gasteiger partial charge in [0.2, 0.25) is 5.88 Å². The van der Waals surface area contributed by atoms with Crippen LogP contribution in [0, 0.1) is 0 Å². The molecule has 8 heteroatoms. The van der Waals surface area contributed by atoms with Crippen molar-refractivity contribution in [2.75, 3.05) is 18.9 Å². The molecule has 0 unspecified atom stereocenters. The molecule has 0 aliphatic carbocycles. The molecule has 0 atom stereocenters. The summed E-state index contributed by atoms with van der Waals surface area (Å²) in [7, 11) is -1.04. The summed E-state index contributed by atoms with van der Waals surface area (Å²) in [5.41, 5.74) is 0.574. The summed E-state index contributed by atoms with van der Waals surface area (Å²) in [6.45, 7) is 0. The molecule has 0 aliphatic heterocycles. The number of ether oxygens (including phenoxy) is 2. The molecule has 0 spiro atoms. The van der Waals surface area contributed by atoms with Crippen molar-refractivity contribution < 1.29 is 22.7 Å². The van der Waals surface area contributed by atoms with Gasteiger partial charge in [-0.1, -0.05) is 0 Å². The maximum Gasteiger partial charge on any atom is 0.337 e. The van der Waals surface area contributed by atoms with E-state index in [9.17, 15) is 13.2 Å². The van der Waals surface area contributed by atoms with E-state index < -0.39 is 16.0 Å². The number of carbonyl (C=O) groups excluding carboxylic acids is 1. The number of carbonyl (C=O) groups is 1. The molecular formula is C14H14N2O5S. The number of pyridine rings is 1. The fourth-order valence-electron chi connectivity index (χ4n) is 1.66. The Bertz CT molecular complexity index is 755. The van der Waals surface area contributed by atoms with Gasteiger partial charge in [-0.05, 0) is 30.3 Å². The van der Waals surface area contributed by atoms with E-state index in [0.29, 0.717) is 11.6 Å². The molecule has 1 aromatic carbocycles. The van der Waals surface area contributed by atoms with Crippen molar-refractivity contribution in [1.82, 2.24) is 4.98 Å². The van der Waals surface area contributed by atoms with Gasteiger partial charge in [0.05, 0.1) is 36.6 Å². The predicted molar refractivity (Wildman–Crippen MR) is 79.4 cm³/mol. The fourth-order valence-corrected chi connectivity index (χ4v) is 2.71. The van der Waals surface area contributed by atoms with Crippen LogP contribution in [0.25, 0.3) is 0 Å². The number of benzene rings is 1. The highest BCUT2D eigenvalue weighted by Gasteiger charge is 2.15. The Morgan fingerprint density at radius 3 is 2.27 bits per heavy atom. The van der Waals surface area contributed by atoms with Crippen molar-refractivity contribution in [3.05, 3.63) is 48.2 Å². The zero-order valence-electron chi connectivity index (χ0n) is 11.9. The number of methoxy groups -OCH3 is 2. The normalized spacial score (nSPS) is 10.8. The summed E-state index contributed by atoms with van der Waals surface area (Å²) in [5.74, 6) is -0.151. The van der Waals surface area contributed by atoms with Gasteiger partial charge in [-0.3, -0.25) is 4.72 Å². The summed E-state index contributed by atoms with van der Waals surface area (Å²) >= 11 is 0. The second-order valence-corrected chi connectivity index (χ2v) is 5.89. The van der Waals surface area contributed by atoms with E-state index in [0.717, 1.165) is 0 Å². The lowest BCUT2D eigenvalue weighted by molar-refractivity contribution is 0.0600. The first-order chi connectivity index (χ1) is 10.5. The Kier molecular flexibility index (Phi) is 4.62. The molecule has 0 fully saturated rings. The van der Waals surface area contributed by atoms with E-state index in [1.165, 1.54) is 56.8 Å². The highest BCUT2D eigenvalue weighted by Crippen LogP contribution is 2.17. The first-order valence-corrected chi connectivity index (χ1v) is 7.66. The first kappa shape index (κ1) is 15.8. The monoisotopic (exact) mass is 322 g/mol. The van der Waals surface area contributed by atoms with Crippen LogP contribution in [0.4, 0.5) is 5.69 Å². The topological polar surface area (TPSA) is 94.6 Å². The number of hydrogen-bond acceptors (Lipinski definition) is 6. The van der Waals surface area contributed by atoms with Crippen molar-refractivity contribution in [1.29, 1.82) is 0 Å². The third-order valence-electron chi connectivity index (χ3n) is 2.78. The molecule has 0 bridgehead atoms. The van der Waals surface area contributed by atoms with Crippen LogP contribution < -0.4 is 9.46 Å². The SMILES string of the molecule is COC(=O)c1ccc(S(=O)(=O)Nc2ccc(OC)nc2)cc1. The standard InChI is InChI=1S/C14H14N2O5S/c1-20-13-8-5-11(9-15-13)16-22(18,19)12-6-3-10(4-7-12)14(17)21-2/h3-9,16H,1-2H3. The molecule has 1 N–H and O–H groups in total. The van der Waals surface area contributed by atoms with Gasteiger partial charge in [-0.15, -0.1) is 0 Å². The van der Waals surface area contributed by atoms with E-state index in [1.54, 1.807) is 0 Å². The lowest BCUT2D eigenvalue weighted by atomic mass is 10.2. The van der Waals surface area contributed by atoms with Crippen LogP contribution in [0.15, 0.2) is 47.5 Å². The van der Waals surface area contributed by atoms with Crippen molar-refractivity contribution in [3.8, 4) is 5.88 Å². The Morgan fingerprint density at radius 1 is 1.09 bits per heavy atom. The molecule has 2 aromatic rings. The molecule has 1 aromatic heterocycles. The van der Waals surface area contributed by atoms with E-state index in [-0.39, 0.29) is 10.5 Å². The average Bonchev–Trinajstić information content (AvgIpc) is 2.54. The Morgan fingerprint density at radius 2 is 1.77 bits per heavy atom. The third kappa shape index (κ3) is 3.53. The van der Waals surface area contributed by atoms with E-state index in [4.69, 9.17) is 4.74 Å². The second kappa shape index (κ2) is 6.44. The van der Waals surface area contributed by atoms with Gasteiger partial charge in [0.1, 0.15) is 0 Å². The number of anilines is 1. The number of rotatable bonds is 5. The van der Waals surface area contributed by atoms with Crippen LogP contribution in [-0.4, -0.2) is 33.6 Å². The zero-order valence-corrected chi connectivity index (χ0v) is 12.8. The molecule has 0 aliphatic rings. The summed E-state index contributed by atoms with van der Waals surface area (Å²) in [6, 6.07) is 8.49. The molecule has 0 saturated carbocycles. The summed E-state index contributed by atoms with van der Waals surface area (Å²) in [6.07, 6.45) is 1.35. The van der Waals surface area contributed by atoms with Crippen LogP contribution >= 0.6 is 0 Å². The van der Waals surface area contributed by atoms with Crippen LogP contribution in [0.2, 0.25) is 0 Å². The Hall–Kier alpha value is -2.61. The van der Waals surface area contributed by atoms with Crippen molar-refractivity contribution >= 4 is 21.7 Å². The van der Waals surface area contributed by atoms with E-state index in [1.807, 2.05) is 0 Å². The van der Waals surface area contributed by atoms with Crippen molar-refractivity contribution in [3.63, 3.8) is 0 Å². The summed E-state index contributed by atoms with van der Waals surface area (Å²) < 4.78 is 36.3. The number of aromatic nitrogens is 1. The van der Waals surface area contributed by atoms with E-state index in [2.05, 4.69) is 14.4 Å². The van der Waals surface area contributed by atoms with Crippen LogP contribution in [0.1, 0.15) is 10.4 Å². The minimum Gasteiger partial charge on any atom is -0.481 e. The summed E-state index contributed by atoms with van der Waals surface area (Å²) in [4.78, 5) is 15.3. The van der Waals surface area contributed by atoms with Gasteiger partial charge >= 0.3 is 5.97 Å². The van der Waals surface area contributed by atoms with Crippen molar-refractivity contribution in [2.45, 2.75) is 4.90 Å². The number of sulfonamides is 1. The molecule has 0 saturated heterocycles. The summed E-state index contributed by atoms with van der Waals surface area (Å²) in [5, 5.41) is 0. The number of nitrogens with zero attached hydrogens (tertiary/aromatic N) is 1. The van der Waals surface area contributed by atoms with Gasteiger partial charge in [0, 0.05) is 6.07 Å². The van der Waals surface area contributed by atoms with Gasteiger partial charge in [0.25, 0.3) is 10.0 Å². The van der Waals surface area contributed by atoms with Crippen LogP contribution in [0.5, 0.6) is 5.88 Å². The molecule has 2 rings (SSSR count). The molecular weight excluding hydrogens is 308 g/mol. The molecule has 7 nitrogen and oxygen atoms in total. The lowest BCUT2D eigenvalue weighted by Crippen LogP contribution is -2.13. The maximum atomic E-state index is 12.2. The largest absolute Gasteiger partial charge is 0.481 e. The number of nitrogens with one attached hydrogen (secondary N) is 1. The quantitative estimate of drug-likeness (QED) is 0.842. The minimum absolute atomic E-state index is 0.0240. The van der Waals surface area contributed by atoms with Crippen molar-refractivity contribution in [2.24, 2.45) is 0 Å². The Labute approximate surface area is 128 Å². The third-order valence-corrected chi connectivity index (χ3v) is 4.18. The lowest BCUT2D eigenvalue weighted by Gasteiger charge is -2.08. The second-order valence-electron chi connectivity index (χ2n) is 4.21. The van der Waals surface area contributed by atoms with E-state index >= 15 is 0 Å². The molecule has 0 amide bonds. The highest BCUT2D eigenvalue weighted by atomic mass is 32.2. The average molecular weight is 322 g/mol. The van der Waals surface area contributed by atoms with Crippen LogP contribution in [0.3, 0.4) is 0 Å². The number of hydrogen-bond donors (Lipinski definition) is 1. The first-order valence-electron chi connectivity index (χ1n) is 6.17. The van der Waals surface area contributed by atoms with Gasteiger partial charge in [-0.25, -0.2) is 18.2 Å².